The molecule has 0 spiro atoms. The summed E-state index contributed by atoms with van der Waals surface area (Å²) in [7, 11) is 0. The highest BCUT2D eigenvalue weighted by molar-refractivity contribution is 5.81. The highest BCUT2D eigenvalue weighted by Crippen LogP contribution is 2.37. The van der Waals surface area contributed by atoms with E-state index in [1.807, 2.05) is 91.0 Å². The standard InChI is InChI=1S/C30H31N4O3/c35-30(28(23-10-4-1-5-11-23)31-25-14-8-3-9-15-25)36-26-20-34(18-16-22(26)17-19-34)21-27-32-29(37-33-27)24-12-6-2-7-13-24/h1-15,22,26,28,31H,16-21H2/q+1/t22?,26-,28+,34?/m0/s1. The van der Waals surface area contributed by atoms with Crippen LogP contribution >= 0.6 is 0 Å². The molecule has 0 radical (unpaired) electrons. The summed E-state index contributed by atoms with van der Waals surface area (Å²) >= 11 is 0. The van der Waals surface area contributed by atoms with Crippen molar-refractivity contribution in [1.29, 1.82) is 0 Å². The fourth-order valence-corrected chi connectivity index (χ4v) is 5.74. The van der Waals surface area contributed by atoms with Gasteiger partial charge in [-0.15, -0.1) is 0 Å². The van der Waals surface area contributed by atoms with Crippen LogP contribution in [0.25, 0.3) is 11.5 Å². The summed E-state index contributed by atoms with van der Waals surface area (Å²) in [6.45, 7) is 3.54. The Kier molecular flexibility index (Phi) is 6.45. The SMILES string of the molecule is O=C(O[C@H]1C[N+]2(Cc3noc(-c4ccccc4)n3)CCC1CC2)[C@H](Nc1ccccc1)c1ccccc1. The normalized spacial score (nSPS) is 23.4. The van der Waals surface area contributed by atoms with E-state index in [0.717, 1.165) is 53.8 Å². The Morgan fingerprint density at radius 3 is 2.30 bits per heavy atom. The van der Waals surface area contributed by atoms with Gasteiger partial charge in [0.15, 0.2) is 12.1 Å². The summed E-state index contributed by atoms with van der Waals surface area (Å²) < 4.78 is 12.7. The van der Waals surface area contributed by atoms with Crippen molar-refractivity contribution in [2.24, 2.45) is 5.92 Å². The van der Waals surface area contributed by atoms with Gasteiger partial charge in [-0.1, -0.05) is 71.9 Å². The van der Waals surface area contributed by atoms with Gasteiger partial charge in [0.1, 0.15) is 13.1 Å². The predicted octanol–water partition coefficient (Wildman–Crippen LogP) is 5.24. The van der Waals surface area contributed by atoms with E-state index in [0.29, 0.717) is 24.2 Å². The number of rotatable bonds is 8. The quantitative estimate of drug-likeness (QED) is 0.266. The van der Waals surface area contributed by atoms with E-state index in [9.17, 15) is 4.79 Å². The molecule has 0 unspecified atom stereocenters. The highest BCUT2D eigenvalue weighted by Gasteiger charge is 2.48. The maximum absolute atomic E-state index is 13.6. The minimum atomic E-state index is -0.571. The summed E-state index contributed by atoms with van der Waals surface area (Å²) in [4.78, 5) is 18.3. The van der Waals surface area contributed by atoms with Crippen LogP contribution in [0.2, 0.25) is 0 Å². The molecular formula is C30H31N4O3+. The van der Waals surface area contributed by atoms with Gasteiger partial charge in [-0.05, 0) is 29.8 Å². The molecule has 0 saturated carbocycles. The number of ether oxygens (including phenoxy) is 1. The zero-order chi connectivity index (χ0) is 25.1. The van der Waals surface area contributed by atoms with Gasteiger partial charge >= 0.3 is 5.97 Å². The molecule has 7 rings (SSSR count). The number of nitrogens with one attached hydrogen (secondary N) is 1. The van der Waals surface area contributed by atoms with Crippen molar-refractivity contribution in [2.45, 2.75) is 31.5 Å². The van der Waals surface area contributed by atoms with Crippen LogP contribution in [-0.2, 0) is 16.1 Å². The first kappa shape index (κ1) is 23.4. The van der Waals surface area contributed by atoms with Crippen molar-refractivity contribution in [3.05, 3.63) is 102 Å². The number of anilines is 1. The van der Waals surface area contributed by atoms with Gasteiger partial charge in [-0.2, -0.15) is 4.98 Å². The molecule has 1 aromatic heterocycles. The van der Waals surface area contributed by atoms with E-state index in [1.165, 1.54) is 0 Å². The van der Waals surface area contributed by atoms with Crippen LogP contribution in [-0.4, -0.2) is 46.3 Å². The van der Waals surface area contributed by atoms with Crippen molar-refractivity contribution in [1.82, 2.24) is 10.1 Å². The molecule has 3 aliphatic heterocycles. The number of nitrogens with zero attached hydrogens (tertiary/aromatic N) is 3. The van der Waals surface area contributed by atoms with E-state index < -0.39 is 6.04 Å². The number of para-hydroxylation sites is 1. The van der Waals surface area contributed by atoms with Crippen LogP contribution in [0.5, 0.6) is 0 Å². The molecule has 1 N–H and O–H groups in total. The second-order valence-corrected chi connectivity index (χ2v) is 10.2. The molecule has 7 nitrogen and oxygen atoms in total. The monoisotopic (exact) mass is 495 g/mol. The number of hydrogen-bond donors (Lipinski definition) is 1. The molecule has 37 heavy (non-hydrogen) atoms. The van der Waals surface area contributed by atoms with E-state index in [1.54, 1.807) is 0 Å². The number of piperidine rings is 3. The molecule has 4 heterocycles. The fraction of sp³-hybridized carbons (Fsp3) is 0.300. The topological polar surface area (TPSA) is 77.2 Å². The maximum Gasteiger partial charge on any atom is 0.333 e. The molecule has 7 heteroatoms. The lowest BCUT2D eigenvalue weighted by atomic mass is 9.83. The Morgan fingerprint density at radius 2 is 1.59 bits per heavy atom. The lowest BCUT2D eigenvalue weighted by molar-refractivity contribution is -0.958. The van der Waals surface area contributed by atoms with Crippen molar-refractivity contribution < 1.29 is 18.5 Å². The van der Waals surface area contributed by atoms with E-state index in [2.05, 4.69) is 15.5 Å². The number of quaternary nitrogens is 1. The lowest BCUT2D eigenvalue weighted by Crippen LogP contribution is -2.64. The Labute approximate surface area is 216 Å². The molecule has 3 saturated heterocycles. The van der Waals surface area contributed by atoms with Gasteiger partial charge in [0.2, 0.25) is 5.82 Å². The maximum atomic E-state index is 13.6. The third-order valence-corrected chi connectivity index (χ3v) is 7.73. The van der Waals surface area contributed by atoms with Crippen LogP contribution in [0.1, 0.15) is 30.3 Å². The van der Waals surface area contributed by atoms with Crippen molar-refractivity contribution >= 4 is 11.7 Å². The van der Waals surface area contributed by atoms with Crippen LogP contribution in [0.3, 0.4) is 0 Å². The van der Waals surface area contributed by atoms with E-state index >= 15 is 0 Å². The summed E-state index contributed by atoms with van der Waals surface area (Å²) in [6.07, 6.45) is 1.94. The van der Waals surface area contributed by atoms with Gasteiger partial charge in [-0.25, -0.2) is 4.79 Å². The first-order chi connectivity index (χ1) is 18.2. The third kappa shape index (κ3) is 5.13. The Morgan fingerprint density at radius 1 is 0.946 bits per heavy atom. The van der Waals surface area contributed by atoms with E-state index in [-0.39, 0.29) is 12.1 Å². The molecule has 0 amide bonds. The van der Waals surface area contributed by atoms with E-state index in [4.69, 9.17) is 9.26 Å². The van der Waals surface area contributed by atoms with Gasteiger partial charge in [0.25, 0.3) is 5.89 Å². The molecule has 3 fully saturated rings. The molecule has 4 aromatic rings. The van der Waals surface area contributed by atoms with Crippen LogP contribution < -0.4 is 5.32 Å². The van der Waals surface area contributed by atoms with Crippen molar-refractivity contribution in [2.75, 3.05) is 25.0 Å². The second kappa shape index (κ2) is 10.2. The van der Waals surface area contributed by atoms with Gasteiger partial charge in [-0.3, -0.25) is 0 Å². The number of esters is 1. The molecular weight excluding hydrogens is 464 g/mol. The predicted molar refractivity (Wildman–Crippen MR) is 140 cm³/mol. The van der Waals surface area contributed by atoms with Crippen LogP contribution in [0.15, 0.2) is 95.5 Å². The fourth-order valence-electron chi connectivity index (χ4n) is 5.74. The van der Waals surface area contributed by atoms with Gasteiger partial charge in [0, 0.05) is 30.0 Å². The Hall–Kier alpha value is -3.97. The Balaban J connectivity index is 1.17. The summed E-state index contributed by atoms with van der Waals surface area (Å²) in [5.74, 6) is 1.40. The van der Waals surface area contributed by atoms with Crippen LogP contribution in [0, 0.1) is 5.92 Å². The number of carbonyl (C=O) groups excluding carboxylic acids is 1. The average Bonchev–Trinajstić information content (AvgIpc) is 3.41. The summed E-state index contributed by atoms with van der Waals surface area (Å²) in [5.41, 5.74) is 2.70. The third-order valence-electron chi connectivity index (χ3n) is 7.73. The average molecular weight is 496 g/mol. The van der Waals surface area contributed by atoms with Gasteiger partial charge < -0.3 is 19.1 Å². The molecule has 0 aliphatic carbocycles. The lowest BCUT2D eigenvalue weighted by Gasteiger charge is -2.51. The smallest absolute Gasteiger partial charge is 0.333 e. The molecule has 2 atom stereocenters. The second-order valence-electron chi connectivity index (χ2n) is 10.2. The summed E-state index contributed by atoms with van der Waals surface area (Å²) in [6, 6.07) is 28.9. The highest BCUT2D eigenvalue weighted by atomic mass is 16.5. The molecule has 188 valence electrons. The number of aromatic nitrogens is 2. The number of hydrogen-bond acceptors (Lipinski definition) is 6. The number of fused-ring (bicyclic) bond motifs is 3. The Bertz CT molecular complexity index is 1320. The minimum Gasteiger partial charge on any atom is -0.454 e. The largest absolute Gasteiger partial charge is 0.454 e. The van der Waals surface area contributed by atoms with Crippen molar-refractivity contribution in [3.63, 3.8) is 0 Å². The first-order valence-electron chi connectivity index (χ1n) is 13.0. The minimum absolute atomic E-state index is 0.126. The molecule has 3 aliphatic rings. The summed E-state index contributed by atoms with van der Waals surface area (Å²) in [5, 5.41) is 7.66. The molecule has 3 aromatic carbocycles. The zero-order valence-corrected chi connectivity index (χ0v) is 20.7. The number of benzene rings is 3. The van der Waals surface area contributed by atoms with Crippen molar-refractivity contribution in [3.8, 4) is 11.5 Å². The first-order valence-corrected chi connectivity index (χ1v) is 13.0. The number of carbonyl (C=O) groups is 1. The van der Waals surface area contributed by atoms with Gasteiger partial charge in [0.05, 0.1) is 13.1 Å². The molecule has 2 bridgehead atoms. The van der Waals surface area contributed by atoms with Crippen LogP contribution in [0.4, 0.5) is 5.69 Å². The zero-order valence-electron chi connectivity index (χ0n) is 20.7.